The number of aromatic nitrogens is 1. The number of para-hydroxylation sites is 1. The highest BCUT2D eigenvalue weighted by Crippen LogP contribution is 2.45. The Hall–Kier alpha value is -6.76. The number of thiophene rings is 1. The van der Waals surface area contributed by atoms with Gasteiger partial charge in [-0.05, 0) is 93.6 Å². The molecule has 0 atom stereocenters. The van der Waals surface area contributed by atoms with Crippen LogP contribution in [0, 0.1) is 0 Å². The normalized spacial score (nSPS) is 13.1. The van der Waals surface area contributed by atoms with E-state index < -0.39 is 0 Å². The van der Waals surface area contributed by atoms with E-state index in [1.165, 1.54) is 75.3 Å². The summed E-state index contributed by atoms with van der Waals surface area (Å²) in [6, 6.07) is 51.8. The third kappa shape index (κ3) is 5.20. The summed E-state index contributed by atoms with van der Waals surface area (Å²) in [5.41, 5.74) is 17.0. The third-order valence-electron chi connectivity index (χ3n) is 13.5. The number of furan rings is 2. The zero-order chi connectivity index (χ0) is 41.8. The van der Waals surface area contributed by atoms with Crippen molar-refractivity contribution in [3.05, 3.63) is 151 Å². The molecule has 6 heteroatoms. The van der Waals surface area contributed by atoms with Crippen molar-refractivity contribution in [3.63, 3.8) is 0 Å². The first-order valence-electron chi connectivity index (χ1n) is 21.7. The Labute approximate surface area is 363 Å². The maximum atomic E-state index is 6.74. The third-order valence-corrected chi connectivity index (χ3v) is 14.6. The van der Waals surface area contributed by atoms with Crippen molar-refractivity contribution in [3.8, 4) is 16.8 Å². The second kappa shape index (κ2) is 12.4. The summed E-state index contributed by atoms with van der Waals surface area (Å²) in [5, 5.41) is 13.6. The van der Waals surface area contributed by atoms with E-state index in [1.807, 2.05) is 11.3 Å². The molecule has 62 heavy (non-hydrogen) atoms. The number of hydrogen-bond acceptors (Lipinski definition) is 4. The predicted octanol–water partition coefficient (Wildman–Crippen LogP) is 14.7. The number of nitrogens with one attached hydrogen (secondary N) is 1. The summed E-state index contributed by atoms with van der Waals surface area (Å²) in [5.74, 6) is 0. The van der Waals surface area contributed by atoms with Gasteiger partial charge in [0, 0.05) is 81.0 Å². The van der Waals surface area contributed by atoms with Gasteiger partial charge < -0.3 is 18.7 Å². The largest absolute Gasteiger partial charge is 0.456 e. The Morgan fingerprint density at radius 3 is 2.00 bits per heavy atom. The van der Waals surface area contributed by atoms with Gasteiger partial charge in [-0.15, -0.1) is 11.3 Å². The summed E-state index contributed by atoms with van der Waals surface area (Å²) >= 11 is 1.88. The summed E-state index contributed by atoms with van der Waals surface area (Å²) in [6.45, 7) is 13.6. The van der Waals surface area contributed by atoms with Gasteiger partial charge in [-0.25, -0.2) is 0 Å². The molecule has 12 aromatic rings. The van der Waals surface area contributed by atoms with Gasteiger partial charge >= 0.3 is 0 Å². The first kappa shape index (κ1) is 35.9. The summed E-state index contributed by atoms with van der Waals surface area (Å²) in [7, 11) is 0.765. The van der Waals surface area contributed by atoms with Crippen LogP contribution < -0.4 is 16.2 Å². The van der Waals surface area contributed by atoms with Gasteiger partial charge in [-0.3, -0.25) is 0 Å². The van der Waals surface area contributed by atoms with E-state index in [2.05, 4.69) is 191 Å². The topological polar surface area (TPSA) is 43.2 Å². The first-order valence-corrected chi connectivity index (χ1v) is 22.5. The molecule has 8 aromatic carbocycles. The molecule has 0 amide bonds. The van der Waals surface area contributed by atoms with E-state index in [0.717, 1.165) is 68.1 Å². The van der Waals surface area contributed by atoms with Crippen LogP contribution in [0.2, 0.25) is 0 Å². The molecule has 4 nitrogen and oxygen atoms in total. The minimum absolute atomic E-state index is 0.00719. The average molecular weight is 819 g/mol. The van der Waals surface area contributed by atoms with E-state index in [1.54, 1.807) is 0 Å². The summed E-state index contributed by atoms with van der Waals surface area (Å²) < 4.78 is 18.5. The molecule has 0 fully saturated rings. The molecule has 1 aliphatic heterocycles. The van der Waals surface area contributed by atoms with Crippen LogP contribution in [0.1, 0.15) is 52.7 Å². The fraction of sp³-hybridized carbons (Fsp3) is 0.143. The predicted molar refractivity (Wildman–Crippen MR) is 267 cm³/mol. The van der Waals surface area contributed by atoms with Crippen LogP contribution in [0.5, 0.6) is 0 Å². The minimum Gasteiger partial charge on any atom is -0.456 e. The zero-order valence-electron chi connectivity index (χ0n) is 35.7. The van der Waals surface area contributed by atoms with Gasteiger partial charge in [0.15, 0.2) is 7.28 Å². The number of fused-ring (bicyclic) bond motifs is 14. The highest BCUT2D eigenvalue weighted by molar-refractivity contribution is 7.25. The molecule has 0 aliphatic carbocycles. The molecule has 13 rings (SSSR count). The van der Waals surface area contributed by atoms with Crippen LogP contribution in [-0.2, 0) is 10.8 Å². The lowest BCUT2D eigenvalue weighted by Gasteiger charge is -2.24. The smallest absolute Gasteiger partial charge is 0.198 e. The maximum Gasteiger partial charge on any atom is 0.198 e. The van der Waals surface area contributed by atoms with Crippen molar-refractivity contribution in [2.75, 3.05) is 5.32 Å². The second-order valence-electron chi connectivity index (χ2n) is 19.4. The van der Waals surface area contributed by atoms with E-state index >= 15 is 0 Å². The molecule has 298 valence electrons. The quantitative estimate of drug-likeness (QED) is 0.181. The number of benzene rings is 8. The van der Waals surface area contributed by atoms with Crippen molar-refractivity contribution in [1.82, 2.24) is 4.57 Å². The molecule has 0 unspecified atom stereocenters. The van der Waals surface area contributed by atoms with E-state index in [4.69, 9.17) is 8.83 Å². The van der Waals surface area contributed by atoms with Gasteiger partial charge in [-0.1, -0.05) is 120 Å². The number of nitrogens with zero attached hydrogens (tertiary/aromatic N) is 1. The summed E-state index contributed by atoms with van der Waals surface area (Å²) in [6.07, 6.45) is 0. The number of anilines is 2. The van der Waals surface area contributed by atoms with Crippen LogP contribution in [0.15, 0.2) is 148 Å². The fourth-order valence-electron chi connectivity index (χ4n) is 10.2. The molecule has 5 heterocycles. The summed E-state index contributed by atoms with van der Waals surface area (Å²) in [4.78, 5) is 0. The lowest BCUT2D eigenvalue weighted by atomic mass is 9.59. The molecular formula is C56H43BN2O2S. The molecule has 0 spiro atoms. The monoisotopic (exact) mass is 818 g/mol. The van der Waals surface area contributed by atoms with Crippen LogP contribution in [0.3, 0.4) is 0 Å². The first-order chi connectivity index (χ1) is 29.9. The lowest BCUT2D eigenvalue weighted by Crippen LogP contribution is -2.37. The molecule has 0 saturated heterocycles. The molecule has 1 N–H and O–H groups in total. The molecular weight excluding hydrogens is 776 g/mol. The second-order valence-corrected chi connectivity index (χ2v) is 20.5. The molecule has 1 aliphatic rings. The molecule has 0 saturated carbocycles. The molecule has 4 aromatic heterocycles. The average Bonchev–Trinajstić information content (AvgIpc) is 4.00. The standard InChI is InChI=1S/C56H43BN2O2S/c1-55(2,3)30-15-18-32(19-16-30)58-44-28-50-40(34-20-17-31(56(4,5)6)23-48(34)61-50)24-38(44)36-21-22-37-39-25-42-35-12-8-10-14-51(35)62-52(42)29-45(39)59-46-26-41-33-11-7-9-13-47(33)60-49(41)27-43(46)57-53(36)54(37)59/h7-29,57-58H,1-6H3. The van der Waals surface area contributed by atoms with Gasteiger partial charge in [0.2, 0.25) is 0 Å². The van der Waals surface area contributed by atoms with Crippen LogP contribution in [0.25, 0.3) is 103 Å². The minimum atomic E-state index is 0.00719. The fourth-order valence-corrected chi connectivity index (χ4v) is 11.4. The Morgan fingerprint density at radius 1 is 0.500 bits per heavy atom. The molecule has 0 bridgehead atoms. The van der Waals surface area contributed by atoms with E-state index in [-0.39, 0.29) is 10.8 Å². The van der Waals surface area contributed by atoms with Gasteiger partial charge in [0.1, 0.15) is 22.3 Å². The molecule has 0 radical (unpaired) electrons. The van der Waals surface area contributed by atoms with Crippen molar-refractivity contribution < 1.29 is 8.83 Å². The van der Waals surface area contributed by atoms with Gasteiger partial charge in [0.05, 0.1) is 11.2 Å². The van der Waals surface area contributed by atoms with Crippen LogP contribution >= 0.6 is 11.3 Å². The number of hydrogen-bond donors (Lipinski definition) is 1. The zero-order valence-corrected chi connectivity index (χ0v) is 36.5. The van der Waals surface area contributed by atoms with Crippen molar-refractivity contribution in [1.29, 1.82) is 0 Å². The number of rotatable bonds is 3. The Kier molecular flexibility index (Phi) is 7.21. The van der Waals surface area contributed by atoms with Gasteiger partial charge in [-0.2, -0.15) is 0 Å². The van der Waals surface area contributed by atoms with Crippen molar-refractivity contribution in [2.24, 2.45) is 0 Å². The highest BCUT2D eigenvalue weighted by atomic mass is 32.1. The van der Waals surface area contributed by atoms with E-state index in [9.17, 15) is 0 Å². The van der Waals surface area contributed by atoms with Crippen LogP contribution in [-0.4, -0.2) is 11.8 Å². The Bertz CT molecular complexity index is 3880. The van der Waals surface area contributed by atoms with E-state index in [0.29, 0.717) is 0 Å². The van der Waals surface area contributed by atoms with Gasteiger partial charge in [0.25, 0.3) is 0 Å². The lowest BCUT2D eigenvalue weighted by molar-refractivity contribution is 0.587. The van der Waals surface area contributed by atoms with Crippen molar-refractivity contribution >= 4 is 127 Å². The SMILES string of the molecule is CC(C)(C)c1ccc(Nc2cc3oc4cc(C(C)(C)C)ccc4c3cc2-c2ccc3c4cc5c(cc4n4c3c2Bc2cc3oc6ccccc6c3cc2-4)sc2ccccc25)cc1. The maximum absolute atomic E-state index is 6.74. The highest BCUT2D eigenvalue weighted by Gasteiger charge is 2.29. The Balaban J connectivity index is 1.11. The van der Waals surface area contributed by atoms with Crippen molar-refractivity contribution in [2.45, 2.75) is 52.4 Å². The Morgan fingerprint density at radius 2 is 1.18 bits per heavy atom. The van der Waals surface area contributed by atoms with Crippen LogP contribution in [0.4, 0.5) is 11.4 Å².